The normalized spacial score (nSPS) is 15.6. The van der Waals surface area contributed by atoms with Gasteiger partial charge in [-0.15, -0.1) is 36.2 Å². The fourth-order valence-electron chi connectivity index (χ4n) is 2.51. The molecule has 3 rings (SSSR count). The van der Waals surface area contributed by atoms with Crippen molar-refractivity contribution in [3.05, 3.63) is 46.4 Å². The highest BCUT2D eigenvalue weighted by molar-refractivity contribution is 7.12. The van der Waals surface area contributed by atoms with Crippen molar-refractivity contribution in [3.8, 4) is 0 Å². The minimum atomic E-state index is -0.252. The van der Waals surface area contributed by atoms with E-state index in [1.165, 1.54) is 11.3 Å². The smallest absolute Gasteiger partial charge is 0.263 e. The molecule has 25 heavy (non-hydrogen) atoms. The second-order valence-electron chi connectivity index (χ2n) is 5.36. The predicted octanol–water partition coefficient (Wildman–Crippen LogP) is 2.72. The zero-order valence-corrected chi connectivity index (χ0v) is 15.8. The van der Waals surface area contributed by atoms with Crippen molar-refractivity contribution in [3.63, 3.8) is 0 Å². The molecule has 0 saturated carbocycles. The van der Waals surface area contributed by atoms with Crippen LogP contribution in [0.15, 0.2) is 36.0 Å². The van der Waals surface area contributed by atoms with Crippen LogP contribution in [0, 0.1) is 0 Å². The van der Waals surface area contributed by atoms with Gasteiger partial charge in [-0.3, -0.25) is 14.6 Å². The van der Waals surface area contributed by atoms with E-state index in [0.717, 1.165) is 19.4 Å². The quantitative estimate of drug-likeness (QED) is 0.717. The van der Waals surface area contributed by atoms with Gasteiger partial charge in [0.2, 0.25) is 0 Å². The Morgan fingerprint density at radius 2 is 1.96 bits per heavy atom. The van der Waals surface area contributed by atoms with Crippen LogP contribution >= 0.6 is 36.2 Å². The summed E-state index contributed by atoms with van der Waals surface area (Å²) in [5.74, 6) is -0.406. The minimum absolute atomic E-state index is 0. The Labute approximate surface area is 162 Å². The van der Waals surface area contributed by atoms with Crippen molar-refractivity contribution in [1.82, 2.24) is 15.6 Å². The topological polar surface area (TPSA) is 83.1 Å². The molecule has 2 aromatic rings. The van der Waals surface area contributed by atoms with Gasteiger partial charge in [-0.05, 0) is 43.0 Å². The molecule has 1 fully saturated rings. The third-order valence-electron chi connectivity index (χ3n) is 3.73. The lowest BCUT2D eigenvalue weighted by molar-refractivity contribution is 0.0955. The molecule has 2 amide bonds. The van der Waals surface area contributed by atoms with Gasteiger partial charge in [-0.25, -0.2) is 0 Å². The Morgan fingerprint density at radius 3 is 2.64 bits per heavy atom. The van der Waals surface area contributed by atoms with Crippen molar-refractivity contribution in [2.45, 2.75) is 18.9 Å². The van der Waals surface area contributed by atoms with Crippen LogP contribution in [0.4, 0.5) is 5.69 Å². The van der Waals surface area contributed by atoms with Crippen LogP contribution in [0.1, 0.15) is 32.9 Å². The van der Waals surface area contributed by atoms with E-state index in [-0.39, 0.29) is 36.6 Å². The lowest BCUT2D eigenvalue weighted by atomic mass is 10.2. The average molecular weight is 403 g/mol. The second kappa shape index (κ2) is 10.4. The van der Waals surface area contributed by atoms with Gasteiger partial charge in [-0.2, -0.15) is 0 Å². The lowest BCUT2D eigenvalue weighted by Crippen LogP contribution is -2.37. The zero-order chi connectivity index (χ0) is 16.1. The van der Waals surface area contributed by atoms with Crippen LogP contribution in [0.5, 0.6) is 0 Å². The monoisotopic (exact) mass is 402 g/mol. The highest BCUT2D eigenvalue weighted by Gasteiger charge is 2.19. The Balaban J connectivity index is 0.00000156. The molecule has 1 atom stereocenters. The molecule has 0 aliphatic carbocycles. The summed E-state index contributed by atoms with van der Waals surface area (Å²) in [4.78, 5) is 28.9. The summed E-state index contributed by atoms with van der Waals surface area (Å²) in [6.07, 6.45) is 5.35. The molecule has 0 bridgehead atoms. The molecule has 9 heteroatoms. The molecular formula is C16H20Cl2N4O2S. The Kier molecular flexibility index (Phi) is 8.85. The molecule has 1 aliphatic rings. The van der Waals surface area contributed by atoms with E-state index in [1.807, 2.05) is 0 Å². The molecular weight excluding hydrogens is 383 g/mol. The average Bonchev–Trinajstić information content (AvgIpc) is 3.25. The van der Waals surface area contributed by atoms with E-state index in [2.05, 4.69) is 20.9 Å². The Bertz CT molecular complexity index is 690. The third kappa shape index (κ3) is 5.67. The molecule has 1 aliphatic heterocycles. The molecule has 0 aromatic carbocycles. The van der Waals surface area contributed by atoms with Crippen molar-refractivity contribution in [2.24, 2.45) is 0 Å². The van der Waals surface area contributed by atoms with E-state index < -0.39 is 0 Å². The van der Waals surface area contributed by atoms with E-state index >= 15 is 0 Å². The number of nitrogens with zero attached hydrogens (tertiary/aromatic N) is 1. The highest BCUT2D eigenvalue weighted by atomic mass is 35.5. The summed E-state index contributed by atoms with van der Waals surface area (Å²) in [5, 5.41) is 10.8. The zero-order valence-electron chi connectivity index (χ0n) is 13.4. The fraction of sp³-hybridized carbons (Fsp3) is 0.312. The van der Waals surface area contributed by atoms with Gasteiger partial charge in [-0.1, -0.05) is 0 Å². The number of hydrogen-bond acceptors (Lipinski definition) is 5. The number of rotatable bonds is 5. The first kappa shape index (κ1) is 21.4. The molecule has 2 aromatic heterocycles. The first-order valence-corrected chi connectivity index (χ1v) is 8.42. The summed E-state index contributed by atoms with van der Waals surface area (Å²) >= 11 is 1.32. The van der Waals surface area contributed by atoms with Crippen LogP contribution < -0.4 is 16.0 Å². The van der Waals surface area contributed by atoms with Crippen LogP contribution in [-0.2, 0) is 0 Å². The second-order valence-corrected chi connectivity index (χ2v) is 6.27. The van der Waals surface area contributed by atoms with Crippen molar-refractivity contribution >= 4 is 53.7 Å². The number of pyridine rings is 1. The van der Waals surface area contributed by atoms with Crippen LogP contribution in [0.2, 0.25) is 0 Å². The molecule has 3 N–H and O–H groups in total. The summed E-state index contributed by atoms with van der Waals surface area (Å²) in [6, 6.07) is 5.35. The summed E-state index contributed by atoms with van der Waals surface area (Å²) < 4.78 is 0. The first-order chi connectivity index (χ1) is 11.2. The van der Waals surface area contributed by atoms with Gasteiger partial charge in [0, 0.05) is 30.5 Å². The lowest BCUT2D eigenvalue weighted by Gasteiger charge is -2.12. The largest absolute Gasteiger partial charge is 0.350 e. The number of nitrogens with one attached hydrogen (secondary N) is 3. The highest BCUT2D eigenvalue weighted by Crippen LogP contribution is 2.23. The standard InChI is InChI=1S/C16H18N4O2S.2ClH/c21-15(11-3-7-17-8-4-11)20-13-5-9-23-14(13)16(22)19-10-12-2-1-6-18-12;;/h3-5,7-9,12,18H,1-2,6,10H2,(H,19,22)(H,20,21);2*1H. The molecule has 0 radical (unpaired) electrons. The molecule has 6 nitrogen and oxygen atoms in total. The van der Waals surface area contributed by atoms with E-state index in [0.29, 0.717) is 28.7 Å². The molecule has 0 spiro atoms. The maximum Gasteiger partial charge on any atom is 0.263 e. The molecule has 3 heterocycles. The number of carbonyl (C=O) groups excluding carboxylic acids is 2. The predicted molar refractivity (Wildman–Crippen MR) is 104 cm³/mol. The summed E-state index contributed by atoms with van der Waals surface area (Å²) in [6.45, 7) is 1.61. The van der Waals surface area contributed by atoms with Gasteiger partial charge in [0.1, 0.15) is 4.88 Å². The maximum absolute atomic E-state index is 12.3. The van der Waals surface area contributed by atoms with Crippen LogP contribution in [-0.4, -0.2) is 35.9 Å². The Hall–Kier alpha value is -1.67. The summed E-state index contributed by atoms with van der Waals surface area (Å²) in [7, 11) is 0. The first-order valence-electron chi connectivity index (χ1n) is 7.54. The number of anilines is 1. The van der Waals surface area contributed by atoms with Gasteiger partial charge in [0.05, 0.1) is 5.69 Å². The maximum atomic E-state index is 12.3. The van der Waals surface area contributed by atoms with Crippen molar-refractivity contribution in [2.75, 3.05) is 18.4 Å². The SMILES string of the molecule is Cl.Cl.O=C(Nc1ccsc1C(=O)NCC1CCCN1)c1ccncc1. The van der Waals surface area contributed by atoms with Crippen LogP contribution in [0.3, 0.4) is 0 Å². The molecule has 1 unspecified atom stereocenters. The number of halogens is 2. The Morgan fingerprint density at radius 1 is 1.20 bits per heavy atom. The number of aromatic nitrogens is 1. The van der Waals surface area contributed by atoms with Crippen molar-refractivity contribution in [1.29, 1.82) is 0 Å². The van der Waals surface area contributed by atoms with E-state index in [1.54, 1.807) is 36.0 Å². The number of thiophene rings is 1. The van der Waals surface area contributed by atoms with Gasteiger partial charge >= 0.3 is 0 Å². The van der Waals surface area contributed by atoms with Gasteiger partial charge in [0.15, 0.2) is 0 Å². The number of carbonyl (C=O) groups is 2. The summed E-state index contributed by atoms with van der Waals surface area (Å²) in [5.41, 5.74) is 1.04. The number of amides is 2. The minimum Gasteiger partial charge on any atom is -0.350 e. The van der Waals surface area contributed by atoms with E-state index in [9.17, 15) is 9.59 Å². The van der Waals surface area contributed by atoms with Crippen LogP contribution in [0.25, 0.3) is 0 Å². The van der Waals surface area contributed by atoms with Gasteiger partial charge < -0.3 is 16.0 Å². The molecule has 136 valence electrons. The third-order valence-corrected chi connectivity index (χ3v) is 4.65. The van der Waals surface area contributed by atoms with Crippen molar-refractivity contribution < 1.29 is 9.59 Å². The molecule has 1 saturated heterocycles. The fourth-order valence-corrected chi connectivity index (χ4v) is 3.27. The number of hydrogen-bond donors (Lipinski definition) is 3. The van der Waals surface area contributed by atoms with E-state index in [4.69, 9.17) is 0 Å². The van der Waals surface area contributed by atoms with Gasteiger partial charge in [0.25, 0.3) is 11.8 Å².